The van der Waals surface area contributed by atoms with Crippen LogP contribution in [-0.4, -0.2) is 29.5 Å². The van der Waals surface area contributed by atoms with E-state index >= 15 is 0 Å². The number of benzene rings is 1. The normalized spacial score (nSPS) is 14.4. The number of nitrogens with zero attached hydrogens (tertiary/aromatic N) is 1. The van der Waals surface area contributed by atoms with Gasteiger partial charge in [-0.05, 0) is 44.0 Å². The Morgan fingerprint density at radius 1 is 1.15 bits per heavy atom. The lowest BCUT2D eigenvalue weighted by atomic mass is 9.95. The summed E-state index contributed by atoms with van der Waals surface area (Å²) in [5.74, 6) is -0.547. The molecule has 0 saturated heterocycles. The van der Waals surface area contributed by atoms with Crippen molar-refractivity contribution in [3.63, 3.8) is 0 Å². The van der Waals surface area contributed by atoms with Gasteiger partial charge >= 0.3 is 5.97 Å². The molecule has 2 aromatic rings. The fraction of sp³-hybridized carbons (Fsp3) is 0.381. The Hall–Kier alpha value is -2.89. The van der Waals surface area contributed by atoms with Crippen LogP contribution in [-0.2, 0) is 4.74 Å². The summed E-state index contributed by atoms with van der Waals surface area (Å²) in [6, 6.07) is 10.8. The molecule has 0 aliphatic heterocycles. The monoisotopic (exact) mass is 367 g/mol. The van der Waals surface area contributed by atoms with Crippen molar-refractivity contribution >= 4 is 23.3 Å². The SMILES string of the molecule is CCOC(=O)c1ccccc1Nc1ccnc(C(=O)NC2CCCCC2)c1. The van der Waals surface area contributed by atoms with Gasteiger partial charge in [-0.2, -0.15) is 0 Å². The van der Waals surface area contributed by atoms with Crippen molar-refractivity contribution in [1.82, 2.24) is 10.3 Å². The Morgan fingerprint density at radius 3 is 2.70 bits per heavy atom. The van der Waals surface area contributed by atoms with E-state index in [9.17, 15) is 9.59 Å². The largest absolute Gasteiger partial charge is 0.462 e. The quantitative estimate of drug-likeness (QED) is 0.753. The molecule has 1 aliphatic rings. The summed E-state index contributed by atoms with van der Waals surface area (Å²) in [5.41, 5.74) is 2.12. The van der Waals surface area contributed by atoms with Gasteiger partial charge < -0.3 is 15.4 Å². The second-order valence-electron chi connectivity index (χ2n) is 6.63. The predicted octanol–water partition coefficient (Wildman–Crippen LogP) is 4.06. The van der Waals surface area contributed by atoms with Gasteiger partial charge in [0.05, 0.1) is 17.9 Å². The number of amides is 1. The number of nitrogens with one attached hydrogen (secondary N) is 2. The van der Waals surface area contributed by atoms with Gasteiger partial charge in [0.15, 0.2) is 0 Å². The van der Waals surface area contributed by atoms with E-state index in [1.165, 1.54) is 6.42 Å². The Kier molecular flexibility index (Phi) is 6.41. The maximum absolute atomic E-state index is 12.5. The van der Waals surface area contributed by atoms with Crippen molar-refractivity contribution in [2.75, 3.05) is 11.9 Å². The molecular weight excluding hydrogens is 342 g/mol. The Balaban J connectivity index is 1.72. The Morgan fingerprint density at radius 2 is 1.93 bits per heavy atom. The smallest absolute Gasteiger partial charge is 0.340 e. The molecule has 3 rings (SSSR count). The predicted molar refractivity (Wildman–Crippen MR) is 104 cm³/mol. The molecule has 6 nitrogen and oxygen atoms in total. The van der Waals surface area contributed by atoms with Crippen LogP contribution in [0.3, 0.4) is 0 Å². The number of carbonyl (C=O) groups excluding carboxylic acids is 2. The standard InChI is InChI=1S/C21H25N3O3/c1-2-27-21(26)17-10-6-7-11-18(17)23-16-12-13-22-19(14-16)20(25)24-15-8-4-3-5-9-15/h6-7,10-15H,2-5,8-9H2,1H3,(H,22,23)(H,24,25). The Bertz CT molecular complexity index is 801. The van der Waals surface area contributed by atoms with E-state index in [1.807, 2.05) is 6.07 Å². The number of rotatable bonds is 6. The van der Waals surface area contributed by atoms with Crippen molar-refractivity contribution in [2.24, 2.45) is 0 Å². The molecule has 1 aromatic carbocycles. The van der Waals surface area contributed by atoms with E-state index < -0.39 is 0 Å². The van der Waals surface area contributed by atoms with Crippen LogP contribution in [0.5, 0.6) is 0 Å². The first-order valence-electron chi connectivity index (χ1n) is 9.47. The molecule has 27 heavy (non-hydrogen) atoms. The maximum Gasteiger partial charge on any atom is 0.340 e. The minimum atomic E-state index is -0.384. The number of esters is 1. The van der Waals surface area contributed by atoms with Gasteiger partial charge in [-0.3, -0.25) is 9.78 Å². The lowest BCUT2D eigenvalue weighted by Gasteiger charge is -2.22. The van der Waals surface area contributed by atoms with E-state index in [1.54, 1.807) is 43.5 Å². The number of hydrogen-bond acceptors (Lipinski definition) is 5. The van der Waals surface area contributed by atoms with Crippen LogP contribution in [0.1, 0.15) is 59.9 Å². The van der Waals surface area contributed by atoms with E-state index in [0.29, 0.717) is 29.2 Å². The molecule has 0 radical (unpaired) electrons. The number of pyridine rings is 1. The average Bonchev–Trinajstić information content (AvgIpc) is 2.69. The zero-order chi connectivity index (χ0) is 19.1. The van der Waals surface area contributed by atoms with E-state index in [0.717, 1.165) is 25.7 Å². The summed E-state index contributed by atoms with van der Waals surface area (Å²) in [6.07, 6.45) is 7.19. The highest BCUT2D eigenvalue weighted by molar-refractivity contribution is 5.97. The summed E-state index contributed by atoms with van der Waals surface area (Å²) < 4.78 is 5.10. The van der Waals surface area contributed by atoms with E-state index in [-0.39, 0.29) is 17.9 Å². The lowest BCUT2D eigenvalue weighted by Crippen LogP contribution is -2.36. The molecule has 1 aromatic heterocycles. The number of carbonyl (C=O) groups is 2. The van der Waals surface area contributed by atoms with Crippen molar-refractivity contribution in [3.8, 4) is 0 Å². The van der Waals surface area contributed by atoms with Crippen LogP contribution >= 0.6 is 0 Å². The summed E-state index contributed by atoms with van der Waals surface area (Å²) in [7, 11) is 0. The molecule has 1 amide bonds. The molecule has 0 atom stereocenters. The lowest BCUT2D eigenvalue weighted by molar-refractivity contribution is 0.0527. The van der Waals surface area contributed by atoms with Gasteiger partial charge in [0.2, 0.25) is 0 Å². The van der Waals surface area contributed by atoms with Crippen molar-refractivity contribution < 1.29 is 14.3 Å². The van der Waals surface area contributed by atoms with Crippen LogP contribution in [0.25, 0.3) is 0 Å². The molecule has 6 heteroatoms. The molecule has 0 unspecified atom stereocenters. The average molecular weight is 367 g/mol. The molecule has 1 aliphatic carbocycles. The molecule has 1 heterocycles. The van der Waals surface area contributed by atoms with Crippen molar-refractivity contribution in [3.05, 3.63) is 53.9 Å². The van der Waals surface area contributed by atoms with Crippen LogP contribution in [0, 0.1) is 0 Å². The third-order valence-electron chi connectivity index (χ3n) is 4.63. The van der Waals surface area contributed by atoms with Crippen LogP contribution < -0.4 is 10.6 Å². The van der Waals surface area contributed by atoms with Gasteiger partial charge in [0.1, 0.15) is 5.69 Å². The van der Waals surface area contributed by atoms with E-state index in [2.05, 4.69) is 15.6 Å². The zero-order valence-electron chi connectivity index (χ0n) is 15.5. The summed E-state index contributed by atoms with van der Waals surface area (Å²) in [5, 5.41) is 6.26. The minimum Gasteiger partial charge on any atom is -0.462 e. The first kappa shape index (κ1) is 18.9. The van der Waals surface area contributed by atoms with Gasteiger partial charge in [-0.15, -0.1) is 0 Å². The van der Waals surface area contributed by atoms with Gasteiger partial charge in [0.25, 0.3) is 5.91 Å². The molecular formula is C21H25N3O3. The highest BCUT2D eigenvalue weighted by Crippen LogP contribution is 2.22. The topological polar surface area (TPSA) is 80.3 Å². The first-order chi connectivity index (χ1) is 13.2. The summed E-state index contributed by atoms with van der Waals surface area (Å²) in [4.78, 5) is 28.8. The molecule has 0 bridgehead atoms. The fourth-order valence-electron chi connectivity index (χ4n) is 3.27. The maximum atomic E-state index is 12.5. The van der Waals surface area contributed by atoms with Crippen LogP contribution in [0.4, 0.5) is 11.4 Å². The zero-order valence-corrected chi connectivity index (χ0v) is 15.5. The Labute approximate surface area is 159 Å². The summed E-state index contributed by atoms with van der Waals surface area (Å²) >= 11 is 0. The van der Waals surface area contributed by atoms with Crippen molar-refractivity contribution in [2.45, 2.75) is 45.1 Å². The first-order valence-corrected chi connectivity index (χ1v) is 9.47. The number of anilines is 2. The molecule has 2 N–H and O–H groups in total. The van der Waals surface area contributed by atoms with Crippen molar-refractivity contribution in [1.29, 1.82) is 0 Å². The molecule has 1 fully saturated rings. The minimum absolute atomic E-state index is 0.163. The number of ether oxygens (including phenoxy) is 1. The third-order valence-corrected chi connectivity index (χ3v) is 4.63. The number of hydrogen-bond donors (Lipinski definition) is 2. The second kappa shape index (κ2) is 9.16. The highest BCUT2D eigenvalue weighted by atomic mass is 16.5. The van der Waals surface area contributed by atoms with Gasteiger partial charge in [-0.25, -0.2) is 4.79 Å². The highest BCUT2D eigenvalue weighted by Gasteiger charge is 2.18. The van der Waals surface area contributed by atoms with Gasteiger partial charge in [0, 0.05) is 17.9 Å². The second-order valence-corrected chi connectivity index (χ2v) is 6.63. The van der Waals surface area contributed by atoms with Gasteiger partial charge in [-0.1, -0.05) is 31.4 Å². The molecule has 142 valence electrons. The fourth-order valence-corrected chi connectivity index (χ4v) is 3.27. The third kappa shape index (κ3) is 5.06. The van der Waals surface area contributed by atoms with E-state index in [4.69, 9.17) is 4.74 Å². The van der Waals surface area contributed by atoms with Crippen LogP contribution in [0.2, 0.25) is 0 Å². The molecule has 1 saturated carbocycles. The number of aromatic nitrogens is 1. The number of para-hydroxylation sites is 1. The van der Waals surface area contributed by atoms with Crippen LogP contribution in [0.15, 0.2) is 42.6 Å². The molecule has 0 spiro atoms. The summed E-state index contributed by atoms with van der Waals surface area (Å²) in [6.45, 7) is 2.09.